The van der Waals surface area contributed by atoms with Crippen LogP contribution in [0.5, 0.6) is 5.88 Å². The van der Waals surface area contributed by atoms with Crippen molar-refractivity contribution in [2.24, 2.45) is 12.2 Å². The van der Waals surface area contributed by atoms with E-state index in [2.05, 4.69) is 15.0 Å². The number of hydrogen-bond donors (Lipinski definition) is 1. The molecular formula is C12H17F5N4O4S. The van der Waals surface area contributed by atoms with Crippen molar-refractivity contribution < 1.29 is 39.9 Å². The second kappa shape index (κ2) is 6.98. The second-order valence-electron chi connectivity index (χ2n) is 5.90. The van der Waals surface area contributed by atoms with Crippen LogP contribution in [0.4, 0.5) is 22.0 Å². The summed E-state index contributed by atoms with van der Waals surface area (Å²) in [6.07, 6.45) is -5.22. The molecule has 8 nitrogen and oxygen atoms in total. The van der Waals surface area contributed by atoms with Crippen molar-refractivity contribution in [3.8, 4) is 5.88 Å². The molecule has 14 heteroatoms. The van der Waals surface area contributed by atoms with Crippen LogP contribution < -0.4 is 10.9 Å². The third-order valence-corrected chi connectivity index (χ3v) is 4.83. The Morgan fingerprint density at radius 3 is 2.35 bits per heavy atom. The van der Waals surface area contributed by atoms with Gasteiger partial charge in [0.25, 0.3) is 0 Å². The molecule has 1 aliphatic rings. The average molecular weight is 408 g/mol. The summed E-state index contributed by atoms with van der Waals surface area (Å²) < 4.78 is 93.4. The molecule has 0 atom stereocenters. The molecule has 0 aromatic carbocycles. The molecule has 0 spiro atoms. The normalized spacial score (nSPS) is 16.9. The number of oxime groups is 1. The van der Waals surface area contributed by atoms with Crippen LogP contribution in [0.3, 0.4) is 0 Å². The molecule has 0 fully saturated rings. The maximum atomic E-state index is 13.1. The molecule has 0 amide bonds. The highest BCUT2D eigenvalue weighted by Gasteiger charge is 2.43. The van der Waals surface area contributed by atoms with Crippen LogP contribution >= 0.6 is 0 Å². The number of halogens is 5. The second-order valence-corrected chi connectivity index (χ2v) is 7.89. The van der Waals surface area contributed by atoms with Crippen molar-refractivity contribution in [3.63, 3.8) is 0 Å². The number of aryl methyl sites for hydroxylation is 1. The van der Waals surface area contributed by atoms with E-state index in [1.54, 1.807) is 0 Å². The highest BCUT2D eigenvalue weighted by atomic mass is 32.2. The smallest absolute Gasteiger partial charge is 0.417 e. The number of ether oxygens (including phenoxy) is 1. The summed E-state index contributed by atoms with van der Waals surface area (Å²) in [5.74, 6) is -2.24. The van der Waals surface area contributed by atoms with Crippen molar-refractivity contribution >= 4 is 14.9 Å². The first kappa shape index (κ1) is 22.1. The fourth-order valence-electron chi connectivity index (χ4n) is 2.19. The SMILES string of the molecule is Cn1nc(C(F)(F)F)c(CS(=O)(=O)C2=NOC(C)(C)C2)c1OC(F)F.N. The highest BCUT2D eigenvalue weighted by Crippen LogP contribution is 2.38. The van der Waals surface area contributed by atoms with Crippen LogP contribution in [0, 0.1) is 0 Å². The molecule has 3 N–H and O–H groups in total. The zero-order chi connectivity index (χ0) is 19.2. The molecule has 0 saturated carbocycles. The number of aromatic nitrogens is 2. The van der Waals surface area contributed by atoms with E-state index in [0.29, 0.717) is 4.68 Å². The van der Waals surface area contributed by atoms with E-state index >= 15 is 0 Å². The summed E-state index contributed by atoms with van der Waals surface area (Å²) in [7, 11) is -3.43. The molecule has 0 radical (unpaired) electrons. The molecule has 0 saturated heterocycles. The van der Waals surface area contributed by atoms with Gasteiger partial charge in [0.15, 0.2) is 20.6 Å². The standard InChI is InChI=1S/C12H14F5N3O4S.H3N/c1-11(2)4-7(19-24-11)25(21,22)5-6-8(12(15,16)17)18-20(3)9(6)23-10(13)14;/h10H,4-5H2,1-3H3;1H3. The highest BCUT2D eigenvalue weighted by molar-refractivity contribution is 8.05. The van der Waals surface area contributed by atoms with Gasteiger partial charge >= 0.3 is 12.8 Å². The fraction of sp³-hybridized carbons (Fsp3) is 0.667. The van der Waals surface area contributed by atoms with Crippen molar-refractivity contribution in [2.45, 2.75) is 44.4 Å². The molecule has 0 unspecified atom stereocenters. The summed E-state index contributed by atoms with van der Waals surface area (Å²) in [5.41, 5.74) is -3.57. The third-order valence-electron chi connectivity index (χ3n) is 3.22. The molecule has 0 aliphatic carbocycles. The lowest BCUT2D eigenvalue weighted by molar-refractivity contribution is -0.142. The predicted octanol–water partition coefficient (Wildman–Crippen LogP) is 2.63. The van der Waals surface area contributed by atoms with Crippen LogP contribution in [-0.4, -0.2) is 35.5 Å². The first-order valence-corrected chi connectivity index (χ1v) is 8.44. The van der Waals surface area contributed by atoms with Gasteiger partial charge < -0.3 is 15.7 Å². The molecule has 26 heavy (non-hydrogen) atoms. The van der Waals surface area contributed by atoms with Crippen LogP contribution in [0.25, 0.3) is 0 Å². The Hall–Kier alpha value is -1.96. The quantitative estimate of drug-likeness (QED) is 0.766. The predicted molar refractivity (Wildman–Crippen MR) is 79.7 cm³/mol. The lowest BCUT2D eigenvalue weighted by atomic mass is 10.1. The number of rotatable bonds is 4. The van der Waals surface area contributed by atoms with Gasteiger partial charge in [-0.3, -0.25) is 0 Å². The van der Waals surface area contributed by atoms with Gasteiger partial charge in [-0.25, -0.2) is 13.1 Å². The van der Waals surface area contributed by atoms with Gasteiger partial charge in [0, 0.05) is 13.5 Å². The van der Waals surface area contributed by atoms with Crippen molar-refractivity contribution in [2.75, 3.05) is 0 Å². The van der Waals surface area contributed by atoms with E-state index in [4.69, 9.17) is 4.84 Å². The van der Waals surface area contributed by atoms with Gasteiger partial charge in [-0.15, -0.1) is 0 Å². The zero-order valence-corrected chi connectivity index (χ0v) is 14.8. The Kier molecular flexibility index (Phi) is 5.93. The van der Waals surface area contributed by atoms with Gasteiger partial charge in [0.2, 0.25) is 5.88 Å². The van der Waals surface area contributed by atoms with Gasteiger partial charge in [0.1, 0.15) is 5.60 Å². The first-order valence-electron chi connectivity index (χ1n) is 6.78. The number of hydrogen-bond acceptors (Lipinski definition) is 7. The fourth-order valence-corrected chi connectivity index (χ4v) is 3.71. The Morgan fingerprint density at radius 2 is 1.92 bits per heavy atom. The minimum Gasteiger partial charge on any atom is -0.417 e. The minimum atomic E-state index is -5.06. The van der Waals surface area contributed by atoms with Crippen molar-refractivity contribution in [1.82, 2.24) is 15.9 Å². The Bertz CT molecular complexity index is 801. The Morgan fingerprint density at radius 1 is 1.35 bits per heavy atom. The number of alkyl halides is 5. The van der Waals surface area contributed by atoms with E-state index in [1.165, 1.54) is 13.8 Å². The van der Waals surface area contributed by atoms with Crippen LogP contribution in [0.15, 0.2) is 5.16 Å². The monoisotopic (exact) mass is 408 g/mol. The number of sulfone groups is 1. The molecule has 0 bridgehead atoms. The summed E-state index contributed by atoms with van der Waals surface area (Å²) in [4.78, 5) is 4.89. The molecule has 150 valence electrons. The van der Waals surface area contributed by atoms with E-state index in [9.17, 15) is 30.4 Å². The largest absolute Gasteiger partial charge is 0.435 e. The summed E-state index contributed by atoms with van der Waals surface area (Å²) in [6, 6.07) is 0. The third kappa shape index (κ3) is 4.60. The van der Waals surface area contributed by atoms with Crippen LogP contribution in [0.2, 0.25) is 0 Å². The van der Waals surface area contributed by atoms with Gasteiger partial charge in [-0.1, -0.05) is 5.16 Å². The molecule has 1 aromatic heterocycles. The van der Waals surface area contributed by atoms with Crippen LogP contribution in [0.1, 0.15) is 31.5 Å². The maximum Gasteiger partial charge on any atom is 0.435 e. The van der Waals surface area contributed by atoms with Crippen molar-refractivity contribution in [1.29, 1.82) is 0 Å². The minimum absolute atomic E-state index is 0. The zero-order valence-electron chi connectivity index (χ0n) is 14.0. The van der Waals surface area contributed by atoms with E-state index in [0.717, 1.165) is 7.05 Å². The summed E-state index contributed by atoms with van der Waals surface area (Å²) in [6.45, 7) is -0.380. The maximum absolute atomic E-state index is 13.1. The van der Waals surface area contributed by atoms with Crippen molar-refractivity contribution in [3.05, 3.63) is 11.3 Å². The van der Waals surface area contributed by atoms with E-state index < -0.39 is 56.2 Å². The topological polar surface area (TPSA) is 118 Å². The average Bonchev–Trinajstić information content (AvgIpc) is 2.92. The lowest BCUT2D eigenvalue weighted by Crippen LogP contribution is -2.24. The lowest BCUT2D eigenvalue weighted by Gasteiger charge is -2.13. The Balaban J connectivity index is 0.00000338. The molecule has 2 rings (SSSR count). The summed E-state index contributed by atoms with van der Waals surface area (Å²) >= 11 is 0. The Labute approximate surface area is 145 Å². The molecular weight excluding hydrogens is 391 g/mol. The van der Waals surface area contributed by atoms with Gasteiger partial charge in [0.05, 0.1) is 11.3 Å². The van der Waals surface area contributed by atoms with Gasteiger partial charge in [-0.2, -0.15) is 27.1 Å². The molecule has 1 aromatic rings. The molecule has 2 heterocycles. The van der Waals surface area contributed by atoms with Gasteiger partial charge in [-0.05, 0) is 13.8 Å². The first-order chi connectivity index (χ1) is 11.2. The van der Waals surface area contributed by atoms with Crippen LogP contribution in [-0.2, 0) is 33.7 Å². The number of nitrogens with zero attached hydrogens (tertiary/aromatic N) is 3. The van der Waals surface area contributed by atoms with E-state index in [1.807, 2.05) is 0 Å². The molecule has 1 aliphatic heterocycles. The van der Waals surface area contributed by atoms with E-state index in [-0.39, 0.29) is 12.6 Å². The summed E-state index contributed by atoms with van der Waals surface area (Å²) in [5, 5.41) is 5.97.